The zero-order valence-corrected chi connectivity index (χ0v) is 19.0. The summed E-state index contributed by atoms with van der Waals surface area (Å²) >= 11 is 1.64. The second-order valence-corrected chi connectivity index (χ2v) is 8.78. The average Bonchev–Trinajstić information content (AvgIpc) is 3.27. The van der Waals surface area contributed by atoms with E-state index in [9.17, 15) is 0 Å². The molecule has 0 aliphatic heterocycles. The number of hydrogen-bond acceptors (Lipinski definition) is 6. The lowest BCUT2D eigenvalue weighted by molar-refractivity contribution is 0.868. The van der Waals surface area contributed by atoms with Crippen molar-refractivity contribution in [3.8, 4) is 22.4 Å². The molecule has 0 spiro atoms. The summed E-state index contributed by atoms with van der Waals surface area (Å²) in [6.07, 6.45) is 1.85. The van der Waals surface area contributed by atoms with Crippen LogP contribution in [0, 0.1) is 13.8 Å². The number of nitrogens with zero attached hydrogens (tertiary/aromatic N) is 4. The van der Waals surface area contributed by atoms with Crippen molar-refractivity contribution in [2.24, 2.45) is 0 Å². The van der Waals surface area contributed by atoms with Crippen LogP contribution in [0.1, 0.15) is 30.0 Å². The van der Waals surface area contributed by atoms with E-state index in [2.05, 4.69) is 74.6 Å². The molecule has 3 aromatic heterocycles. The van der Waals surface area contributed by atoms with Gasteiger partial charge in [0.25, 0.3) is 0 Å². The summed E-state index contributed by atoms with van der Waals surface area (Å²) in [6, 6.07) is 21.1. The van der Waals surface area contributed by atoms with Crippen LogP contribution in [0.25, 0.3) is 32.6 Å². The molecule has 5 aromatic rings. The third-order valence-electron chi connectivity index (χ3n) is 5.45. The summed E-state index contributed by atoms with van der Waals surface area (Å²) in [5, 5.41) is 3.56. The van der Waals surface area contributed by atoms with E-state index in [0.717, 1.165) is 38.8 Å². The molecule has 0 aliphatic rings. The quantitative estimate of drug-likeness (QED) is 0.335. The first kappa shape index (κ1) is 20.3. The van der Waals surface area contributed by atoms with Gasteiger partial charge in [0.1, 0.15) is 11.6 Å². The molecule has 0 bridgehead atoms. The first-order valence-corrected chi connectivity index (χ1v) is 11.4. The number of pyridine rings is 1. The molecule has 3 heterocycles. The Kier molecular flexibility index (Phi) is 5.37. The Morgan fingerprint density at radius 2 is 1.72 bits per heavy atom. The van der Waals surface area contributed by atoms with E-state index >= 15 is 0 Å². The van der Waals surface area contributed by atoms with Gasteiger partial charge in [-0.05, 0) is 67.8 Å². The number of benzene rings is 2. The fourth-order valence-electron chi connectivity index (χ4n) is 3.82. The van der Waals surface area contributed by atoms with Gasteiger partial charge in [0.05, 0.1) is 21.4 Å². The third-order valence-corrected chi connectivity index (χ3v) is 6.24. The Labute approximate surface area is 191 Å². The average molecular weight is 438 g/mol. The Morgan fingerprint density at radius 1 is 0.844 bits per heavy atom. The molecule has 2 aromatic carbocycles. The maximum Gasteiger partial charge on any atom is 0.130 e. The van der Waals surface area contributed by atoms with Crippen molar-refractivity contribution in [1.29, 1.82) is 0 Å². The number of hydrogen-bond donors (Lipinski definition) is 1. The van der Waals surface area contributed by atoms with Crippen molar-refractivity contribution in [1.82, 2.24) is 19.9 Å². The molecule has 1 atom stereocenters. The normalized spacial score (nSPS) is 12.1. The van der Waals surface area contributed by atoms with Crippen molar-refractivity contribution in [3.05, 3.63) is 89.5 Å². The monoisotopic (exact) mass is 437 g/mol. The highest BCUT2D eigenvalue weighted by atomic mass is 32.1. The minimum atomic E-state index is 0.0870. The van der Waals surface area contributed by atoms with Gasteiger partial charge in [-0.15, -0.1) is 11.3 Å². The fraction of sp³-hybridized carbons (Fsp3) is 0.154. The summed E-state index contributed by atoms with van der Waals surface area (Å²) < 4.78 is 1.16. The zero-order chi connectivity index (χ0) is 22.1. The first-order valence-electron chi connectivity index (χ1n) is 10.5. The van der Waals surface area contributed by atoms with Crippen LogP contribution in [-0.2, 0) is 0 Å². The van der Waals surface area contributed by atoms with E-state index in [1.807, 2.05) is 43.8 Å². The van der Waals surface area contributed by atoms with Gasteiger partial charge in [0, 0.05) is 29.6 Å². The Hall–Kier alpha value is -3.64. The second-order valence-electron chi connectivity index (χ2n) is 7.90. The molecule has 1 N–H and O–H groups in total. The van der Waals surface area contributed by atoms with Crippen LogP contribution >= 0.6 is 11.3 Å². The van der Waals surface area contributed by atoms with Crippen LogP contribution in [0.15, 0.2) is 72.4 Å². The number of aryl methyl sites for hydroxylation is 2. The summed E-state index contributed by atoms with van der Waals surface area (Å²) in [7, 11) is 0. The van der Waals surface area contributed by atoms with Crippen LogP contribution in [0.2, 0.25) is 0 Å². The van der Waals surface area contributed by atoms with Gasteiger partial charge in [-0.1, -0.05) is 24.3 Å². The number of anilines is 1. The molecule has 0 fully saturated rings. The fourth-order valence-corrected chi connectivity index (χ4v) is 4.54. The number of thiazole rings is 1. The molecule has 5 rings (SSSR count). The lowest BCUT2D eigenvalue weighted by atomic mass is 10.0. The van der Waals surface area contributed by atoms with Gasteiger partial charge < -0.3 is 5.32 Å². The highest BCUT2D eigenvalue weighted by Gasteiger charge is 2.11. The molecule has 32 heavy (non-hydrogen) atoms. The SMILES string of the molecule is Cc1cc(-c2cccc(C(C)Nc3cc(-c4ccc5ncsc5c4)nc(C)n3)c2)ccn1. The van der Waals surface area contributed by atoms with Crippen molar-refractivity contribution in [2.75, 3.05) is 5.32 Å². The van der Waals surface area contributed by atoms with E-state index in [4.69, 9.17) is 0 Å². The lowest BCUT2D eigenvalue weighted by Crippen LogP contribution is -2.09. The molecular formula is C26H23N5S. The van der Waals surface area contributed by atoms with E-state index in [0.29, 0.717) is 0 Å². The predicted molar refractivity (Wildman–Crippen MR) is 132 cm³/mol. The van der Waals surface area contributed by atoms with E-state index in [1.165, 1.54) is 16.7 Å². The molecule has 1 unspecified atom stereocenters. The van der Waals surface area contributed by atoms with Gasteiger partial charge >= 0.3 is 0 Å². The van der Waals surface area contributed by atoms with Crippen LogP contribution in [0.4, 0.5) is 5.82 Å². The molecule has 158 valence electrons. The summed E-state index contributed by atoms with van der Waals surface area (Å²) in [5.41, 5.74) is 9.42. The molecule has 5 nitrogen and oxygen atoms in total. The van der Waals surface area contributed by atoms with Crippen molar-refractivity contribution in [3.63, 3.8) is 0 Å². The Morgan fingerprint density at radius 3 is 2.59 bits per heavy atom. The summed E-state index contributed by atoms with van der Waals surface area (Å²) in [4.78, 5) is 18.0. The smallest absolute Gasteiger partial charge is 0.130 e. The van der Waals surface area contributed by atoms with Crippen LogP contribution in [0.5, 0.6) is 0 Å². The summed E-state index contributed by atoms with van der Waals surface area (Å²) in [5.74, 6) is 1.55. The largest absolute Gasteiger partial charge is 0.363 e. The Bertz CT molecular complexity index is 1410. The van der Waals surface area contributed by atoms with Gasteiger partial charge in [0.15, 0.2) is 0 Å². The van der Waals surface area contributed by atoms with E-state index < -0.39 is 0 Å². The number of rotatable bonds is 5. The van der Waals surface area contributed by atoms with Gasteiger partial charge in [-0.2, -0.15) is 0 Å². The van der Waals surface area contributed by atoms with Crippen molar-refractivity contribution >= 4 is 27.4 Å². The maximum atomic E-state index is 4.66. The number of fused-ring (bicyclic) bond motifs is 1. The van der Waals surface area contributed by atoms with E-state index in [1.54, 1.807) is 11.3 Å². The second kappa shape index (κ2) is 8.48. The summed E-state index contributed by atoms with van der Waals surface area (Å²) in [6.45, 7) is 6.09. The lowest BCUT2D eigenvalue weighted by Gasteiger charge is -2.17. The van der Waals surface area contributed by atoms with Crippen molar-refractivity contribution < 1.29 is 0 Å². The van der Waals surface area contributed by atoms with E-state index in [-0.39, 0.29) is 6.04 Å². The van der Waals surface area contributed by atoms with Crippen LogP contribution in [-0.4, -0.2) is 19.9 Å². The first-order chi connectivity index (χ1) is 15.5. The molecule has 0 saturated carbocycles. The topological polar surface area (TPSA) is 63.6 Å². The van der Waals surface area contributed by atoms with Crippen LogP contribution < -0.4 is 5.32 Å². The number of nitrogens with one attached hydrogen (secondary N) is 1. The maximum absolute atomic E-state index is 4.66. The zero-order valence-electron chi connectivity index (χ0n) is 18.2. The Balaban J connectivity index is 1.42. The molecule has 0 saturated heterocycles. The van der Waals surface area contributed by atoms with Crippen LogP contribution in [0.3, 0.4) is 0 Å². The molecule has 0 aliphatic carbocycles. The molecule has 6 heteroatoms. The highest BCUT2D eigenvalue weighted by molar-refractivity contribution is 7.16. The molecular weight excluding hydrogens is 414 g/mol. The molecule has 0 amide bonds. The van der Waals surface area contributed by atoms with Gasteiger partial charge in [-0.25, -0.2) is 15.0 Å². The molecule has 0 radical (unpaired) electrons. The minimum absolute atomic E-state index is 0.0870. The minimum Gasteiger partial charge on any atom is -0.363 e. The highest BCUT2D eigenvalue weighted by Crippen LogP contribution is 2.28. The predicted octanol–water partition coefficient (Wildman–Crippen LogP) is 6.61. The van der Waals surface area contributed by atoms with Crippen molar-refractivity contribution in [2.45, 2.75) is 26.8 Å². The van der Waals surface area contributed by atoms with Gasteiger partial charge in [0.2, 0.25) is 0 Å². The van der Waals surface area contributed by atoms with Gasteiger partial charge in [-0.3, -0.25) is 4.98 Å². The standard InChI is InChI=1S/C26H23N5S/c1-16-11-21(9-10-27-16)20-6-4-5-19(12-20)17(2)29-26-14-24(30-18(3)31-26)22-7-8-23-25(13-22)32-15-28-23/h4-15,17H,1-3H3,(H,29,30,31). The number of aromatic nitrogens is 4. The third kappa shape index (κ3) is 4.22.